The molecule has 3 aromatic rings. The standard InChI is InChI=1S/C20H13N/c1-4-15-11-16(5-2)13-17(12-15)20-10-14(3)18-8-6-7-9-19(18)21-20/h1-2,6-13H,3H3. The van der Waals surface area contributed by atoms with Crippen LogP contribution in [0.5, 0.6) is 0 Å². The normalized spacial score (nSPS) is 10.0. The Kier molecular flexibility index (Phi) is 3.19. The van der Waals surface area contributed by atoms with Crippen molar-refractivity contribution in [2.45, 2.75) is 6.92 Å². The molecular formula is C20H13N. The highest BCUT2D eigenvalue weighted by Crippen LogP contribution is 2.25. The molecule has 0 saturated carbocycles. The van der Waals surface area contributed by atoms with Crippen LogP contribution in [0.4, 0.5) is 0 Å². The van der Waals surface area contributed by atoms with Crippen LogP contribution in [-0.2, 0) is 0 Å². The Hall–Kier alpha value is -3.03. The molecule has 0 atom stereocenters. The van der Waals surface area contributed by atoms with E-state index in [1.165, 1.54) is 5.56 Å². The summed E-state index contributed by atoms with van der Waals surface area (Å²) < 4.78 is 0. The summed E-state index contributed by atoms with van der Waals surface area (Å²) in [5, 5.41) is 1.16. The van der Waals surface area contributed by atoms with Gasteiger partial charge >= 0.3 is 0 Å². The fourth-order valence-corrected chi connectivity index (χ4v) is 2.44. The van der Waals surface area contributed by atoms with Crippen molar-refractivity contribution >= 4 is 10.9 Å². The molecule has 0 aliphatic carbocycles. The molecule has 0 radical (unpaired) electrons. The SMILES string of the molecule is C#Cc1cc(C#C)cc(-c2cc(C)c3ccccc3n2)c1. The zero-order chi connectivity index (χ0) is 14.8. The summed E-state index contributed by atoms with van der Waals surface area (Å²) in [5.41, 5.74) is 5.54. The van der Waals surface area contributed by atoms with E-state index < -0.39 is 0 Å². The van der Waals surface area contributed by atoms with Crippen LogP contribution in [0, 0.1) is 31.6 Å². The first-order valence-corrected chi connectivity index (χ1v) is 6.66. The van der Waals surface area contributed by atoms with Crippen LogP contribution < -0.4 is 0 Å². The molecule has 1 heteroatoms. The lowest BCUT2D eigenvalue weighted by Crippen LogP contribution is -1.90. The largest absolute Gasteiger partial charge is 0.248 e. The zero-order valence-electron chi connectivity index (χ0n) is 11.7. The predicted molar refractivity (Wildman–Crippen MR) is 87.8 cm³/mol. The summed E-state index contributed by atoms with van der Waals surface area (Å²) in [5.74, 6) is 5.28. The van der Waals surface area contributed by atoms with Crippen LogP contribution in [0.2, 0.25) is 0 Å². The van der Waals surface area contributed by atoms with Gasteiger partial charge in [-0.3, -0.25) is 0 Å². The van der Waals surface area contributed by atoms with Gasteiger partial charge in [0.2, 0.25) is 0 Å². The molecule has 21 heavy (non-hydrogen) atoms. The lowest BCUT2D eigenvalue weighted by molar-refractivity contribution is 1.36. The van der Waals surface area contributed by atoms with Crippen molar-refractivity contribution in [3.05, 3.63) is 65.2 Å². The van der Waals surface area contributed by atoms with Gasteiger partial charge in [0.1, 0.15) is 0 Å². The maximum atomic E-state index is 5.50. The Labute approximate surface area is 124 Å². The van der Waals surface area contributed by atoms with E-state index in [0.717, 1.165) is 33.3 Å². The van der Waals surface area contributed by atoms with Crippen molar-refractivity contribution in [3.63, 3.8) is 0 Å². The van der Waals surface area contributed by atoms with Crippen molar-refractivity contribution in [3.8, 4) is 35.9 Å². The van der Waals surface area contributed by atoms with Gasteiger partial charge in [0.15, 0.2) is 0 Å². The predicted octanol–water partition coefficient (Wildman–Crippen LogP) is 4.17. The number of terminal acetylenes is 2. The second-order valence-corrected chi connectivity index (χ2v) is 4.93. The van der Waals surface area contributed by atoms with Gasteiger partial charge in [0.25, 0.3) is 0 Å². The van der Waals surface area contributed by atoms with Crippen molar-refractivity contribution < 1.29 is 0 Å². The molecule has 1 nitrogen and oxygen atoms in total. The van der Waals surface area contributed by atoms with E-state index in [9.17, 15) is 0 Å². The number of pyridine rings is 1. The third kappa shape index (κ3) is 2.38. The van der Waals surface area contributed by atoms with E-state index >= 15 is 0 Å². The van der Waals surface area contributed by atoms with Crippen LogP contribution in [0.1, 0.15) is 16.7 Å². The molecule has 0 unspecified atom stereocenters. The van der Waals surface area contributed by atoms with E-state index in [4.69, 9.17) is 17.8 Å². The van der Waals surface area contributed by atoms with Crippen molar-refractivity contribution in [2.24, 2.45) is 0 Å². The van der Waals surface area contributed by atoms with Crippen LogP contribution in [0.15, 0.2) is 48.5 Å². The topological polar surface area (TPSA) is 12.9 Å². The number of rotatable bonds is 1. The molecule has 1 aromatic heterocycles. The second kappa shape index (κ2) is 5.16. The summed E-state index contributed by atoms with van der Waals surface area (Å²) in [6.45, 7) is 2.08. The summed E-state index contributed by atoms with van der Waals surface area (Å²) in [6.07, 6.45) is 11.0. The molecule has 0 N–H and O–H groups in total. The van der Waals surface area contributed by atoms with E-state index in [2.05, 4.69) is 30.9 Å². The first kappa shape index (κ1) is 13.0. The molecule has 0 saturated heterocycles. The molecule has 2 aromatic carbocycles. The van der Waals surface area contributed by atoms with E-state index in [-0.39, 0.29) is 0 Å². The van der Waals surface area contributed by atoms with Gasteiger partial charge in [-0.2, -0.15) is 0 Å². The maximum absolute atomic E-state index is 5.50. The fraction of sp³-hybridized carbons (Fsp3) is 0.0500. The fourth-order valence-electron chi connectivity index (χ4n) is 2.44. The third-order valence-electron chi connectivity index (χ3n) is 3.49. The Morgan fingerprint density at radius 3 is 2.24 bits per heavy atom. The van der Waals surface area contributed by atoms with Gasteiger partial charge in [-0.1, -0.05) is 30.0 Å². The quantitative estimate of drug-likeness (QED) is 0.603. The number of hydrogen-bond donors (Lipinski definition) is 0. The average Bonchev–Trinajstić information content (AvgIpc) is 2.54. The Balaban J connectivity index is 2.26. The lowest BCUT2D eigenvalue weighted by atomic mass is 10.0. The summed E-state index contributed by atoms with van der Waals surface area (Å²) in [7, 11) is 0. The maximum Gasteiger partial charge on any atom is 0.0713 e. The number of fused-ring (bicyclic) bond motifs is 1. The summed E-state index contributed by atoms with van der Waals surface area (Å²) >= 11 is 0. The molecule has 0 spiro atoms. The number of hydrogen-bond acceptors (Lipinski definition) is 1. The summed E-state index contributed by atoms with van der Waals surface area (Å²) in [6, 6.07) is 15.9. The van der Waals surface area contributed by atoms with Crippen molar-refractivity contribution in [1.82, 2.24) is 4.98 Å². The minimum absolute atomic E-state index is 0.771. The Morgan fingerprint density at radius 2 is 1.57 bits per heavy atom. The monoisotopic (exact) mass is 267 g/mol. The molecule has 0 amide bonds. The lowest BCUT2D eigenvalue weighted by Gasteiger charge is -2.08. The van der Waals surface area contributed by atoms with Gasteiger partial charge < -0.3 is 0 Å². The second-order valence-electron chi connectivity index (χ2n) is 4.93. The molecule has 98 valence electrons. The molecule has 0 bridgehead atoms. The van der Waals surface area contributed by atoms with Gasteiger partial charge in [0, 0.05) is 22.1 Å². The number of nitrogens with zero attached hydrogens (tertiary/aromatic N) is 1. The van der Waals surface area contributed by atoms with Crippen LogP contribution in [-0.4, -0.2) is 4.98 Å². The van der Waals surface area contributed by atoms with Gasteiger partial charge in [-0.05, 0) is 42.8 Å². The van der Waals surface area contributed by atoms with Gasteiger partial charge in [0.05, 0.1) is 11.2 Å². The molecular weight excluding hydrogens is 254 g/mol. The number of benzene rings is 2. The van der Waals surface area contributed by atoms with Crippen molar-refractivity contribution in [1.29, 1.82) is 0 Å². The first-order chi connectivity index (χ1) is 10.2. The molecule has 0 aliphatic heterocycles. The highest BCUT2D eigenvalue weighted by Gasteiger charge is 2.06. The third-order valence-corrected chi connectivity index (χ3v) is 3.49. The van der Waals surface area contributed by atoms with Gasteiger partial charge in [-0.15, -0.1) is 12.8 Å². The summed E-state index contributed by atoms with van der Waals surface area (Å²) in [4.78, 5) is 4.72. The molecule has 0 fully saturated rings. The number of aryl methyl sites for hydroxylation is 1. The number of aromatic nitrogens is 1. The van der Waals surface area contributed by atoms with Crippen LogP contribution in [0.25, 0.3) is 22.2 Å². The average molecular weight is 267 g/mol. The highest BCUT2D eigenvalue weighted by molar-refractivity contribution is 5.85. The van der Waals surface area contributed by atoms with Crippen LogP contribution >= 0.6 is 0 Å². The van der Waals surface area contributed by atoms with Crippen LogP contribution in [0.3, 0.4) is 0 Å². The smallest absolute Gasteiger partial charge is 0.0713 e. The Morgan fingerprint density at radius 1 is 0.905 bits per heavy atom. The molecule has 0 aliphatic rings. The van der Waals surface area contributed by atoms with E-state index in [1.807, 2.05) is 36.4 Å². The Bertz CT molecular complexity index is 888. The molecule has 3 rings (SSSR count). The molecule has 1 heterocycles. The highest BCUT2D eigenvalue weighted by atomic mass is 14.7. The van der Waals surface area contributed by atoms with Crippen molar-refractivity contribution in [2.75, 3.05) is 0 Å². The van der Waals surface area contributed by atoms with E-state index in [0.29, 0.717) is 0 Å². The number of para-hydroxylation sites is 1. The minimum atomic E-state index is 0.771. The minimum Gasteiger partial charge on any atom is -0.248 e. The zero-order valence-corrected chi connectivity index (χ0v) is 11.7. The van der Waals surface area contributed by atoms with E-state index in [1.54, 1.807) is 0 Å². The first-order valence-electron chi connectivity index (χ1n) is 6.66. The van der Waals surface area contributed by atoms with Gasteiger partial charge in [-0.25, -0.2) is 4.98 Å².